The molecule has 2 nitrogen and oxygen atoms in total. The van der Waals surface area contributed by atoms with E-state index in [2.05, 4.69) is 46.8 Å². The first kappa shape index (κ1) is 18.5. The maximum absolute atomic E-state index is 10.9. The van der Waals surface area contributed by atoms with Crippen LogP contribution < -0.4 is 4.74 Å². The molecule has 0 aliphatic rings. The van der Waals surface area contributed by atoms with Gasteiger partial charge in [-0.25, -0.2) is 0 Å². The Morgan fingerprint density at radius 2 is 1.86 bits per heavy atom. The van der Waals surface area contributed by atoms with Crippen LogP contribution in [-0.2, 0) is 4.79 Å². The summed E-state index contributed by atoms with van der Waals surface area (Å²) in [6.07, 6.45) is 4.62. The highest BCUT2D eigenvalue weighted by molar-refractivity contribution is 5.83. The maximum atomic E-state index is 10.9. The van der Waals surface area contributed by atoms with Crippen LogP contribution in [0.15, 0.2) is 18.2 Å². The van der Waals surface area contributed by atoms with Gasteiger partial charge in [0.1, 0.15) is 12.0 Å². The van der Waals surface area contributed by atoms with Gasteiger partial charge in [0, 0.05) is 5.56 Å². The van der Waals surface area contributed by atoms with Gasteiger partial charge in [-0.2, -0.15) is 0 Å². The van der Waals surface area contributed by atoms with Crippen molar-refractivity contribution in [1.29, 1.82) is 0 Å². The molecule has 0 atom stereocenters. The second-order valence-corrected chi connectivity index (χ2v) is 6.48. The number of aldehydes is 1. The van der Waals surface area contributed by atoms with E-state index in [-0.39, 0.29) is 0 Å². The molecule has 1 aromatic rings. The predicted octanol–water partition coefficient (Wildman–Crippen LogP) is 5.71. The van der Waals surface area contributed by atoms with Crippen LogP contribution in [0, 0.1) is 0 Å². The lowest BCUT2D eigenvalue weighted by atomic mass is 9.89. The highest BCUT2D eigenvalue weighted by atomic mass is 16.5. The van der Waals surface area contributed by atoms with Gasteiger partial charge in [-0.15, -0.1) is 0 Å². The number of unbranched alkanes of at least 4 members (excludes halogenated alkanes) is 1. The highest BCUT2D eigenvalue weighted by Gasteiger charge is 2.17. The number of carbonyl (C=O) groups is 1. The summed E-state index contributed by atoms with van der Waals surface area (Å²) in [6.45, 7) is 13.6. The second kappa shape index (κ2) is 8.77. The molecule has 0 radical (unpaired) electrons. The third kappa shape index (κ3) is 4.72. The van der Waals surface area contributed by atoms with Crippen molar-refractivity contribution in [3.8, 4) is 5.75 Å². The minimum Gasteiger partial charge on any atom is -0.493 e. The van der Waals surface area contributed by atoms with E-state index in [4.69, 9.17) is 4.74 Å². The molecule has 122 valence electrons. The molecule has 22 heavy (non-hydrogen) atoms. The summed E-state index contributed by atoms with van der Waals surface area (Å²) in [5, 5.41) is 0. The van der Waals surface area contributed by atoms with E-state index in [1.165, 1.54) is 11.1 Å². The van der Waals surface area contributed by atoms with E-state index >= 15 is 0 Å². The van der Waals surface area contributed by atoms with Gasteiger partial charge in [0.05, 0.1) is 6.61 Å². The number of carbonyl (C=O) groups excluding carboxylic acids is 1. The van der Waals surface area contributed by atoms with Crippen molar-refractivity contribution in [2.45, 2.75) is 66.2 Å². The van der Waals surface area contributed by atoms with Crippen molar-refractivity contribution < 1.29 is 9.53 Å². The molecule has 1 aromatic carbocycles. The largest absolute Gasteiger partial charge is 0.493 e. The molecule has 0 aliphatic carbocycles. The fourth-order valence-electron chi connectivity index (χ4n) is 2.40. The zero-order chi connectivity index (χ0) is 16.7. The Bertz CT molecular complexity index is 525. The summed E-state index contributed by atoms with van der Waals surface area (Å²) in [7, 11) is 0. The molecule has 0 saturated carbocycles. The van der Waals surface area contributed by atoms with Crippen molar-refractivity contribution in [2.24, 2.45) is 0 Å². The molecular formula is C20H30O2. The van der Waals surface area contributed by atoms with Gasteiger partial charge in [0.2, 0.25) is 0 Å². The Morgan fingerprint density at radius 3 is 2.36 bits per heavy atom. The van der Waals surface area contributed by atoms with Crippen molar-refractivity contribution >= 4 is 11.9 Å². The first-order valence-corrected chi connectivity index (χ1v) is 8.35. The van der Waals surface area contributed by atoms with Crippen LogP contribution in [0.4, 0.5) is 0 Å². The third-order valence-electron chi connectivity index (χ3n) is 3.92. The number of benzene rings is 1. The molecule has 0 unspecified atom stereocenters. The van der Waals surface area contributed by atoms with Crippen LogP contribution in [0.1, 0.15) is 82.9 Å². The van der Waals surface area contributed by atoms with Crippen LogP contribution in [0.5, 0.6) is 5.75 Å². The fourth-order valence-corrected chi connectivity index (χ4v) is 2.40. The van der Waals surface area contributed by atoms with Crippen LogP contribution in [0.3, 0.4) is 0 Å². The maximum Gasteiger partial charge on any atom is 0.143 e. The smallest absolute Gasteiger partial charge is 0.143 e. The summed E-state index contributed by atoms with van der Waals surface area (Å²) in [6, 6.07) is 4.43. The van der Waals surface area contributed by atoms with Crippen LogP contribution in [0.25, 0.3) is 5.57 Å². The normalized spacial score (nSPS) is 12.1. The lowest BCUT2D eigenvalue weighted by Gasteiger charge is -2.21. The lowest BCUT2D eigenvalue weighted by Crippen LogP contribution is -2.06. The van der Waals surface area contributed by atoms with Crippen molar-refractivity contribution in [1.82, 2.24) is 0 Å². The van der Waals surface area contributed by atoms with Gasteiger partial charge < -0.3 is 4.74 Å². The number of rotatable bonds is 8. The predicted molar refractivity (Wildman–Crippen MR) is 94.7 cm³/mol. The molecule has 0 N–H and O–H groups in total. The molecule has 0 spiro atoms. The summed E-state index contributed by atoms with van der Waals surface area (Å²) < 4.78 is 6.12. The van der Waals surface area contributed by atoms with Crippen molar-refractivity contribution in [3.05, 3.63) is 34.9 Å². The van der Waals surface area contributed by atoms with Gasteiger partial charge >= 0.3 is 0 Å². The molecule has 0 heterocycles. The molecule has 0 saturated heterocycles. The fraction of sp³-hybridized carbons (Fsp3) is 0.550. The third-order valence-corrected chi connectivity index (χ3v) is 3.92. The molecule has 0 bridgehead atoms. The average molecular weight is 302 g/mol. The lowest BCUT2D eigenvalue weighted by molar-refractivity contribution is -0.104. The molecule has 0 aromatic heterocycles. The zero-order valence-corrected chi connectivity index (χ0v) is 14.9. The topological polar surface area (TPSA) is 26.3 Å². The van der Waals surface area contributed by atoms with Gasteiger partial charge in [0.15, 0.2) is 0 Å². The van der Waals surface area contributed by atoms with E-state index in [1.807, 2.05) is 6.92 Å². The van der Waals surface area contributed by atoms with E-state index in [1.54, 1.807) is 6.08 Å². The second-order valence-electron chi connectivity index (χ2n) is 6.48. The Hall–Kier alpha value is -1.57. The van der Waals surface area contributed by atoms with Crippen LogP contribution in [-0.4, -0.2) is 12.9 Å². The average Bonchev–Trinajstić information content (AvgIpc) is 2.47. The summed E-state index contributed by atoms with van der Waals surface area (Å²) in [4.78, 5) is 10.9. The summed E-state index contributed by atoms with van der Waals surface area (Å²) >= 11 is 0. The molecule has 0 amide bonds. The Kier molecular flexibility index (Phi) is 7.37. The summed E-state index contributed by atoms with van der Waals surface area (Å²) in [5.41, 5.74) is 4.54. The highest BCUT2D eigenvalue weighted by Crippen LogP contribution is 2.37. The monoisotopic (exact) mass is 302 g/mol. The van der Waals surface area contributed by atoms with E-state index < -0.39 is 0 Å². The van der Waals surface area contributed by atoms with Crippen LogP contribution in [0.2, 0.25) is 0 Å². The standard InChI is InChI=1S/C20H30O2/c1-7-8-11-22-20-18(15(4)5)12-17(14(2)3)13-19(20)16(6)9-10-21/h9-10,12-15H,7-8,11H2,1-6H3. The summed E-state index contributed by atoms with van der Waals surface area (Å²) in [5.74, 6) is 1.78. The van der Waals surface area contributed by atoms with Gasteiger partial charge in [-0.3, -0.25) is 4.79 Å². The van der Waals surface area contributed by atoms with Gasteiger partial charge in [0.25, 0.3) is 0 Å². The minimum absolute atomic E-state index is 0.387. The van der Waals surface area contributed by atoms with E-state index in [0.717, 1.165) is 42.6 Å². The minimum atomic E-state index is 0.387. The molecular weight excluding hydrogens is 272 g/mol. The zero-order valence-electron chi connectivity index (χ0n) is 14.9. The van der Waals surface area contributed by atoms with Gasteiger partial charge in [-0.05, 0) is 54.0 Å². The van der Waals surface area contributed by atoms with Crippen LogP contribution >= 0.6 is 0 Å². The number of ether oxygens (including phenoxy) is 1. The van der Waals surface area contributed by atoms with E-state index in [0.29, 0.717) is 11.8 Å². The Morgan fingerprint density at radius 1 is 1.18 bits per heavy atom. The Balaban J connectivity index is 3.45. The van der Waals surface area contributed by atoms with E-state index in [9.17, 15) is 4.79 Å². The number of hydrogen-bond acceptors (Lipinski definition) is 2. The first-order chi connectivity index (χ1) is 10.4. The molecule has 2 heteroatoms. The molecule has 1 rings (SSSR count). The SMILES string of the molecule is CCCCOc1c(C(C)=CC=O)cc(C(C)C)cc1C(C)C. The quantitative estimate of drug-likeness (QED) is 0.349. The first-order valence-electron chi connectivity index (χ1n) is 8.35. The molecule has 0 aliphatic heterocycles. The number of hydrogen-bond donors (Lipinski definition) is 0. The van der Waals surface area contributed by atoms with Gasteiger partial charge in [-0.1, -0.05) is 47.1 Å². The van der Waals surface area contributed by atoms with Crippen molar-refractivity contribution in [3.63, 3.8) is 0 Å². The Labute approximate surface area is 135 Å². The number of allylic oxidation sites excluding steroid dienone is 2. The molecule has 0 fully saturated rings. The van der Waals surface area contributed by atoms with Crippen molar-refractivity contribution in [2.75, 3.05) is 6.61 Å².